The summed E-state index contributed by atoms with van der Waals surface area (Å²) in [5.41, 5.74) is 4.65. The molecule has 1 aromatic rings. The van der Waals surface area contributed by atoms with Crippen molar-refractivity contribution in [2.45, 2.75) is 32.1 Å². The van der Waals surface area contributed by atoms with E-state index in [1.54, 1.807) is 11.1 Å². The van der Waals surface area contributed by atoms with Crippen LogP contribution in [0, 0.1) is 0 Å². The smallest absolute Gasteiger partial charge is 0.0370 e. The van der Waals surface area contributed by atoms with Crippen molar-refractivity contribution in [1.82, 2.24) is 5.32 Å². The van der Waals surface area contributed by atoms with Gasteiger partial charge in [-0.1, -0.05) is 12.5 Å². The monoisotopic (exact) mass is 230 g/mol. The molecule has 0 radical (unpaired) electrons. The molecule has 0 spiro atoms. The number of hydrogen-bond donors (Lipinski definition) is 1. The number of rotatable bonds is 1. The van der Waals surface area contributed by atoms with Crippen LogP contribution in [0.3, 0.4) is 0 Å². The molecular weight excluding hydrogens is 208 g/mol. The zero-order valence-corrected chi connectivity index (χ0v) is 10.5. The maximum atomic E-state index is 3.42. The van der Waals surface area contributed by atoms with Gasteiger partial charge in [0.1, 0.15) is 0 Å². The van der Waals surface area contributed by atoms with Crippen molar-refractivity contribution in [1.29, 1.82) is 0 Å². The highest BCUT2D eigenvalue weighted by Crippen LogP contribution is 2.25. The summed E-state index contributed by atoms with van der Waals surface area (Å²) < 4.78 is 0. The topological polar surface area (TPSA) is 15.3 Å². The van der Waals surface area contributed by atoms with Crippen LogP contribution in [-0.4, -0.2) is 26.2 Å². The van der Waals surface area contributed by atoms with E-state index in [0.29, 0.717) is 0 Å². The first-order valence-corrected chi connectivity index (χ1v) is 7.01. The Morgan fingerprint density at radius 3 is 2.47 bits per heavy atom. The lowest BCUT2D eigenvalue weighted by Crippen LogP contribution is -2.43. The van der Waals surface area contributed by atoms with Gasteiger partial charge in [0, 0.05) is 31.9 Å². The minimum absolute atomic E-state index is 1.12. The first-order valence-electron chi connectivity index (χ1n) is 7.01. The lowest BCUT2D eigenvalue weighted by atomic mass is 10.0. The molecule has 2 nitrogen and oxygen atoms in total. The molecule has 0 aromatic heterocycles. The van der Waals surface area contributed by atoms with Gasteiger partial charge in [-0.15, -0.1) is 0 Å². The first-order chi connectivity index (χ1) is 8.43. The van der Waals surface area contributed by atoms with Crippen molar-refractivity contribution >= 4 is 5.69 Å². The number of fused-ring (bicyclic) bond motifs is 1. The minimum Gasteiger partial charge on any atom is -0.369 e. The average molecular weight is 230 g/mol. The van der Waals surface area contributed by atoms with Crippen molar-refractivity contribution in [2.75, 3.05) is 31.1 Å². The van der Waals surface area contributed by atoms with Gasteiger partial charge in [-0.25, -0.2) is 0 Å². The minimum atomic E-state index is 1.12. The summed E-state index contributed by atoms with van der Waals surface area (Å²) in [6, 6.07) is 7.15. The van der Waals surface area contributed by atoms with Crippen molar-refractivity contribution < 1.29 is 0 Å². The third kappa shape index (κ3) is 2.47. The second-order valence-electron chi connectivity index (χ2n) is 5.25. The Hall–Kier alpha value is -1.02. The largest absolute Gasteiger partial charge is 0.369 e. The van der Waals surface area contributed by atoms with Gasteiger partial charge in [0.15, 0.2) is 0 Å². The van der Waals surface area contributed by atoms with Crippen LogP contribution in [0.15, 0.2) is 18.2 Å². The molecule has 17 heavy (non-hydrogen) atoms. The number of benzene rings is 1. The van der Waals surface area contributed by atoms with E-state index in [9.17, 15) is 0 Å². The SMILES string of the molecule is c1cc2c(cc1N1CCNCC1)CCCCC2. The van der Waals surface area contributed by atoms with Gasteiger partial charge < -0.3 is 10.2 Å². The molecule has 92 valence electrons. The summed E-state index contributed by atoms with van der Waals surface area (Å²) in [6.07, 6.45) is 6.72. The van der Waals surface area contributed by atoms with Crippen LogP contribution < -0.4 is 10.2 Å². The zero-order valence-electron chi connectivity index (χ0n) is 10.5. The molecule has 0 unspecified atom stereocenters. The molecule has 3 rings (SSSR count). The predicted molar refractivity (Wildman–Crippen MR) is 72.8 cm³/mol. The summed E-state index contributed by atoms with van der Waals surface area (Å²) in [5.74, 6) is 0. The van der Waals surface area contributed by atoms with Crippen LogP contribution in [0.2, 0.25) is 0 Å². The number of nitrogens with one attached hydrogen (secondary N) is 1. The van der Waals surface area contributed by atoms with Crippen molar-refractivity contribution in [3.05, 3.63) is 29.3 Å². The molecule has 0 saturated carbocycles. The Morgan fingerprint density at radius 2 is 1.65 bits per heavy atom. The Labute approximate surface area is 104 Å². The van der Waals surface area contributed by atoms with E-state index in [0.717, 1.165) is 26.2 Å². The highest BCUT2D eigenvalue weighted by molar-refractivity contribution is 5.51. The van der Waals surface area contributed by atoms with Crippen molar-refractivity contribution in [3.8, 4) is 0 Å². The Morgan fingerprint density at radius 1 is 0.882 bits per heavy atom. The molecule has 1 aliphatic heterocycles. The summed E-state index contributed by atoms with van der Waals surface area (Å²) in [6.45, 7) is 4.55. The van der Waals surface area contributed by atoms with Gasteiger partial charge in [0.05, 0.1) is 0 Å². The zero-order chi connectivity index (χ0) is 11.5. The van der Waals surface area contributed by atoms with E-state index in [2.05, 4.69) is 28.4 Å². The van der Waals surface area contributed by atoms with Crippen LogP contribution >= 0.6 is 0 Å². The molecule has 1 N–H and O–H groups in total. The van der Waals surface area contributed by atoms with Gasteiger partial charge in [0.25, 0.3) is 0 Å². The molecule has 1 heterocycles. The molecule has 1 saturated heterocycles. The second-order valence-corrected chi connectivity index (χ2v) is 5.25. The van der Waals surface area contributed by atoms with Crippen LogP contribution in [0.4, 0.5) is 5.69 Å². The fourth-order valence-corrected chi connectivity index (χ4v) is 3.02. The van der Waals surface area contributed by atoms with E-state index in [1.165, 1.54) is 37.8 Å². The molecule has 2 heteroatoms. The third-order valence-corrected chi connectivity index (χ3v) is 4.06. The molecule has 0 bridgehead atoms. The van der Waals surface area contributed by atoms with Gasteiger partial charge in [-0.2, -0.15) is 0 Å². The highest BCUT2D eigenvalue weighted by atomic mass is 15.2. The van der Waals surface area contributed by atoms with E-state index in [4.69, 9.17) is 0 Å². The predicted octanol–water partition coefficient (Wildman–Crippen LogP) is 2.37. The number of hydrogen-bond acceptors (Lipinski definition) is 2. The summed E-state index contributed by atoms with van der Waals surface area (Å²) >= 11 is 0. The maximum Gasteiger partial charge on any atom is 0.0370 e. The second kappa shape index (κ2) is 5.09. The van der Waals surface area contributed by atoms with E-state index >= 15 is 0 Å². The van der Waals surface area contributed by atoms with Gasteiger partial charge in [0.2, 0.25) is 0 Å². The molecule has 0 atom stereocenters. The number of aryl methyl sites for hydroxylation is 2. The normalized spacial score (nSPS) is 20.8. The lowest BCUT2D eigenvalue weighted by Gasteiger charge is -2.30. The van der Waals surface area contributed by atoms with E-state index in [-0.39, 0.29) is 0 Å². The number of anilines is 1. The van der Waals surface area contributed by atoms with E-state index in [1.807, 2.05) is 0 Å². The summed E-state index contributed by atoms with van der Waals surface area (Å²) in [7, 11) is 0. The fourth-order valence-electron chi connectivity index (χ4n) is 3.02. The third-order valence-electron chi connectivity index (χ3n) is 4.06. The van der Waals surface area contributed by atoms with Crippen LogP contribution in [0.25, 0.3) is 0 Å². The van der Waals surface area contributed by atoms with Gasteiger partial charge >= 0.3 is 0 Å². The highest BCUT2D eigenvalue weighted by Gasteiger charge is 2.13. The quantitative estimate of drug-likeness (QED) is 0.745. The first kappa shape index (κ1) is 11.1. The van der Waals surface area contributed by atoms with Gasteiger partial charge in [-0.05, 0) is 48.9 Å². The summed E-state index contributed by atoms with van der Waals surface area (Å²) in [5, 5.41) is 3.42. The van der Waals surface area contributed by atoms with Crippen molar-refractivity contribution in [2.24, 2.45) is 0 Å². The molecule has 1 aromatic carbocycles. The van der Waals surface area contributed by atoms with Gasteiger partial charge in [-0.3, -0.25) is 0 Å². The van der Waals surface area contributed by atoms with Crippen molar-refractivity contribution in [3.63, 3.8) is 0 Å². The van der Waals surface area contributed by atoms with E-state index < -0.39 is 0 Å². The van der Waals surface area contributed by atoms with Crippen LogP contribution in [0.5, 0.6) is 0 Å². The Kier molecular flexibility index (Phi) is 3.32. The average Bonchev–Trinajstić information content (AvgIpc) is 2.64. The Balaban J connectivity index is 1.83. The standard InChI is InChI=1S/C15H22N2/c1-2-4-13-6-7-15(12-14(13)5-3-1)17-10-8-16-9-11-17/h6-7,12,16H,1-5,8-11H2. The molecular formula is C15H22N2. The van der Waals surface area contributed by atoms with Crippen LogP contribution in [-0.2, 0) is 12.8 Å². The number of piperazine rings is 1. The fraction of sp³-hybridized carbons (Fsp3) is 0.600. The van der Waals surface area contributed by atoms with Crippen LogP contribution in [0.1, 0.15) is 30.4 Å². The Bertz CT molecular complexity index is 381. The molecule has 2 aliphatic rings. The molecule has 1 fully saturated rings. The summed E-state index contributed by atoms with van der Waals surface area (Å²) in [4.78, 5) is 2.52. The molecule has 1 aliphatic carbocycles. The number of nitrogens with zero attached hydrogens (tertiary/aromatic N) is 1. The maximum absolute atomic E-state index is 3.42. The lowest BCUT2D eigenvalue weighted by molar-refractivity contribution is 0.589. The molecule has 0 amide bonds.